The molecule has 0 aromatic heterocycles. The lowest BCUT2D eigenvalue weighted by Gasteiger charge is -2.18. The summed E-state index contributed by atoms with van der Waals surface area (Å²) in [6, 6.07) is 8.48. The van der Waals surface area contributed by atoms with Crippen molar-refractivity contribution < 1.29 is 24.1 Å². The minimum absolute atomic E-state index is 0.299. The number of rotatable bonds is 6. The molecule has 0 radical (unpaired) electrons. The van der Waals surface area contributed by atoms with E-state index in [-0.39, 0.29) is 0 Å². The van der Waals surface area contributed by atoms with Crippen molar-refractivity contribution in [3.63, 3.8) is 0 Å². The number of hydrogen-bond donors (Lipinski definition) is 0. The first-order valence-electron chi connectivity index (χ1n) is 6.25. The van der Waals surface area contributed by atoms with Gasteiger partial charge in [0.05, 0.1) is 12.2 Å². The van der Waals surface area contributed by atoms with E-state index >= 15 is 0 Å². The molecule has 1 aromatic carbocycles. The van der Waals surface area contributed by atoms with Crippen LogP contribution in [0, 0.1) is 0 Å². The molecule has 0 aliphatic carbocycles. The van der Waals surface area contributed by atoms with Gasteiger partial charge in [-0.1, -0.05) is 18.2 Å². The molecule has 1 rings (SSSR count). The number of benzene rings is 1. The van der Waals surface area contributed by atoms with Crippen LogP contribution in [0.5, 0.6) is 0 Å². The first kappa shape index (κ1) is 15.9. The van der Waals surface area contributed by atoms with Gasteiger partial charge in [-0.15, -0.1) is 0 Å². The van der Waals surface area contributed by atoms with Crippen molar-refractivity contribution in [1.29, 1.82) is 0 Å². The van der Waals surface area contributed by atoms with Gasteiger partial charge in [0, 0.05) is 6.08 Å². The van der Waals surface area contributed by atoms with Crippen molar-refractivity contribution in [2.24, 2.45) is 0 Å². The molecule has 0 amide bonds. The summed E-state index contributed by atoms with van der Waals surface area (Å²) in [6.45, 7) is 5.32. The van der Waals surface area contributed by atoms with Gasteiger partial charge in [-0.2, -0.15) is 4.89 Å². The zero-order valence-electron chi connectivity index (χ0n) is 11.8. The fraction of sp³-hybridized carbons (Fsp3) is 0.333. The molecule has 0 aliphatic heterocycles. The van der Waals surface area contributed by atoms with Crippen molar-refractivity contribution >= 4 is 11.9 Å². The fourth-order valence-corrected chi connectivity index (χ4v) is 1.25. The molecule has 108 valence electrons. The molecule has 20 heavy (non-hydrogen) atoms. The van der Waals surface area contributed by atoms with E-state index in [9.17, 15) is 9.59 Å². The van der Waals surface area contributed by atoms with Crippen LogP contribution in [0.25, 0.3) is 0 Å². The quantitative estimate of drug-likeness (QED) is 0.346. The summed E-state index contributed by atoms with van der Waals surface area (Å²) in [5, 5.41) is 0. The molecule has 0 heterocycles. The average molecular weight is 278 g/mol. The van der Waals surface area contributed by atoms with Crippen LogP contribution < -0.4 is 0 Å². The van der Waals surface area contributed by atoms with E-state index in [0.29, 0.717) is 12.2 Å². The molecule has 0 saturated carbocycles. The van der Waals surface area contributed by atoms with Gasteiger partial charge >= 0.3 is 11.9 Å². The summed E-state index contributed by atoms with van der Waals surface area (Å²) < 4.78 is 4.74. The minimum Gasteiger partial charge on any atom is -0.463 e. The standard InChI is InChI=1S/C15H18O5/c1-4-18-13(16)10-11-15(2,3)20-19-14(17)12-8-6-5-7-9-12/h5-11H,4H2,1-3H3/b11-10+. The molecule has 0 unspecified atom stereocenters. The average Bonchev–Trinajstić information content (AvgIpc) is 2.44. The van der Waals surface area contributed by atoms with Crippen LogP contribution in [-0.2, 0) is 19.3 Å². The Morgan fingerprint density at radius 1 is 1.20 bits per heavy atom. The van der Waals surface area contributed by atoms with Crippen LogP contribution in [0.3, 0.4) is 0 Å². The predicted octanol–water partition coefficient (Wildman–Crippen LogP) is 2.67. The zero-order chi connectivity index (χ0) is 15.0. The van der Waals surface area contributed by atoms with Crippen LogP contribution in [-0.4, -0.2) is 24.1 Å². The van der Waals surface area contributed by atoms with E-state index in [1.807, 2.05) is 0 Å². The molecule has 0 saturated heterocycles. The van der Waals surface area contributed by atoms with Gasteiger partial charge in [-0.3, -0.25) is 4.89 Å². The fourth-order valence-electron chi connectivity index (χ4n) is 1.25. The number of carbonyl (C=O) groups is 2. The Morgan fingerprint density at radius 3 is 2.45 bits per heavy atom. The number of esters is 1. The molecule has 1 aromatic rings. The first-order chi connectivity index (χ1) is 9.44. The van der Waals surface area contributed by atoms with E-state index < -0.39 is 17.5 Å². The lowest BCUT2D eigenvalue weighted by Crippen LogP contribution is -2.24. The van der Waals surface area contributed by atoms with Gasteiger partial charge in [0.25, 0.3) is 0 Å². The van der Waals surface area contributed by atoms with Crippen LogP contribution in [0.2, 0.25) is 0 Å². The van der Waals surface area contributed by atoms with Crippen LogP contribution in [0.15, 0.2) is 42.5 Å². The van der Waals surface area contributed by atoms with Crippen molar-refractivity contribution in [3.05, 3.63) is 48.0 Å². The number of ether oxygens (including phenoxy) is 1. The minimum atomic E-state index is -0.933. The molecule has 5 nitrogen and oxygen atoms in total. The summed E-state index contributed by atoms with van der Waals surface area (Å²) in [5.74, 6) is -1.07. The van der Waals surface area contributed by atoms with Crippen molar-refractivity contribution in [2.45, 2.75) is 26.4 Å². The zero-order valence-corrected chi connectivity index (χ0v) is 11.8. The highest BCUT2D eigenvalue weighted by Gasteiger charge is 2.20. The first-order valence-corrected chi connectivity index (χ1v) is 6.25. The monoisotopic (exact) mass is 278 g/mol. The molecule has 0 fully saturated rings. The largest absolute Gasteiger partial charge is 0.463 e. The third kappa shape index (κ3) is 5.67. The molecule has 0 N–H and O–H groups in total. The second kappa shape index (κ2) is 7.45. The normalized spacial score (nSPS) is 11.3. The second-order valence-corrected chi connectivity index (χ2v) is 4.51. The summed E-state index contributed by atoms with van der Waals surface area (Å²) in [4.78, 5) is 32.6. The molecular formula is C15H18O5. The maximum atomic E-state index is 11.7. The van der Waals surface area contributed by atoms with Gasteiger partial charge < -0.3 is 4.74 Å². The topological polar surface area (TPSA) is 61.8 Å². The van der Waals surface area contributed by atoms with E-state index in [4.69, 9.17) is 14.5 Å². The Labute approximate surface area is 118 Å². The Hall–Kier alpha value is -2.14. The summed E-state index contributed by atoms with van der Waals surface area (Å²) in [5.41, 5.74) is -0.547. The summed E-state index contributed by atoms with van der Waals surface area (Å²) >= 11 is 0. The molecular weight excluding hydrogens is 260 g/mol. The predicted molar refractivity (Wildman–Crippen MR) is 72.8 cm³/mol. The molecule has 0 atom stereocenters. The smallest absolute Gasteiger partial charge is 0.373 e. The number of carbonyl (C=O) groups excluding carboxylic acids is 2. The van der Waals surface area contributed by atoms with Gasteiger partial charge in [0.2, 0.25) is 0 Å². The van der Waals surface area contributed by atoms with Crippen molar-refractivity contribution in [1.82, 2.24) is 0 Å². The van der Waals surface area contributed by atoms with Gasteiger partial charge in [-0.05, 0) is 39.0 Å². The Morgan fingerprint density at radius 2 is 1.85 bits per heavy atom. The maximum absolute atomic E-state index is 11.7. The highest BCUT2D eigenvalue weighted by Crippen LogP contribution is 2.13. The van der Waals surface area contributed by atoms with Crippen molar-refractivity contribution in [2.75, 3.05) is 6.61 Å². The second-order valence-electron chi connectivity index (χ2n) is 4.51. The lowest BCUT2D eigenvalue weighted by atomic mass is 10.1. The van der Waals surface area contributed by atoms with Crippen LogP contribution >= 0.6 is 0 Å². The maximum Gasteiger partial charge on any atom is 0.373 e. The third-order valence-corrected chi connectivity index (χ3v) is 2.25. The molecule has 0 aliphatic rings. The van der Waals surface area contributed by atoms with Crippen molar-refractivity contribution in [3.8, 4) is 0 Å². The van der Waals surface area contributed by atoms with E-state index in [2.05, 4.69) is 0 Å². The van der Waals surface area contributed by atoms with E-state index in [0.717, 1.165) is 0 Å². The Bertz CT molecular complexity index is 476. The Balaban J connectivity index is 2.51. The summed E-state index contributed by atoms with van der Waals surface area (Å²) in [6.07, 6.45) is 2.70. The molecule has 0 bridgehead atoms. The van der Waals surface area contributed by atoms with Crippen LogP contribution in [0.1, 0.15) is 31.1 Å². The van der Waals surface area contributed by atoms with Gasteiger partial charge in [0.1, 0.15) is 5.60 Å². The Kier molecular flexibility index (Phi) is 5.93. The SMILES string of the molecule is CCOC(=O)/C=C/C(C)(C)OOC(=O)c1ccccc1. The number of hydrogen-bond acceptors (Lipinski definition) is 5. The molecule has 5 heteroatoms. The lowest BCUT2D eigenvalue weighted by molar-refractivity contribution is -0.291. The summed E-state index contributed by atoms with van der Waals surface area (Å²) in [7, 11) is 0. The van der Waals surface area contributed by atoms with E-state index in [1.54, 1.807) is 51.1 Å². The van der Waals surface area contributed by atoms with Gasteiger partial charge in [-0.25, -0.2) is 9.59 Å². The highest BCUT2D eigenvalue weighted by atomic mass is 17.2. The van der Waals surface area contributed by atoms with Gasteiger partial charge in [0.15, 0.2) is 0 Å². The van der Waals surface area contributed by atoms with Crippen LogP contribution in [0.4, 0.5) is 0 Å². The molecule has 0 spiro atoms. The third-order valence-electron chi connectivity index (χ3n) is 2.25. The highest BCUT2D eigenvalue weighted by molar-refractivity contribution is 5.88. The van der Waals surface area contributed by atoms with E-state index in [1.165, 1.54) is 12.2 Å².